The summed E-state index contributed by atoms with van der Waals surface area (Å²) in [6.07, 6.45) is 0. The van der Waals surface area contributed by atoms with Gasteiger partial charge in [0.25, 0.3) is 11.6 Å². The summed E-state index contributed by atoms with van der Waals surface area (Å²) in [5.74, 6) is -1.43. The first kappa shape index (κ1) is 26.1. The third-order valence-corrected chi connectivity index (χ3v) is 5.72. The maximum absolute atomic E-state index is 12.0. The smallest absolute Gasteiger partial charge is 0.273 e. The van der Waals surface area contributed by atoms with E-state index in [1.807, 2.05) is 9.80 Å². The summed E-state index contributed by atoms with van der Waals surface area (Å²) in [5, 5.41) is 14.4. The summed E-state index contributed by atoms with van der Waals surface area (Å²) in [4.78, 5) is 49.5. The first-order chi connectivity index (χ1) is 15.6. The van der Waals surface area contributed by atoms with Crippen molar-refractivity contribution in [2.75, 3.05) is 72.0 Å². The molecule has 3 amide bonds. The van der Waals surface area contributed by atoms with Gasteiger partial charge in [0.05, 0.1) is 31.1 Å². The normalized spacial score (nSPS) is 21.5. The van der Waals surface area contributed by atoms with Crippen LogP contribution in [0.25, 0.3) is 0 Å². The largest absolute Gasteiger partial charge is 0.369 e. The second-order valence-electron chi connectivity index (χ2n) is 8.23. The Labute approximate surface area is 192 Å². The first-order valence-corrected chi connectivity index (χ1v) is 10.7. The van der Waals surface area contributed by atoms with Crippen LogP contribution < -0.4 is 27.0 Å². The fourth-order valence-corrected chi connectivity index (χ4v) is 4.06. The van der Waals surface area contributed by atoms with Crippen LogP contribution in [0.4, 0.5) is 11.4 Å². The van der Waals surface area contributed by atoms with E-state index in [1.165, 1.54) is 12.1 Å². The van der Waals surface area contributed by atoms with E-state index >= 15 is 0 Å². The third-order valence-electron chi connectivity index (χ3n) is 5.72. The average molecular weight is 466 g/mol. The molecule has 1 aromatic rings. The van der Waals surface area contributed by atoms with E-state index in [0.29, 0.717) is 58.0 Å². The summed E-state index contributed by atoms with van der Waals surface area (Å²) >= 11 is 0. The summed E-state index contributed by atoms with van der Waals surface area (Å²) < 4.78 is 0.167. The Morgan fingerprint density at radius 2 is 1.45 bits per heavy atom. The lowest BCUT2D eigenvalue weighted by atomic mass is 10.2. The molecule has 182 valence electrons. The maximum atomic E-state index is 12.0. The van der Waals surface area contributed by atoms with Crippen LogP contribution in [0.3, 0.4) is 0 Å². The van der Waals surface area contributed by atoms with E-state index < -0.39 is 22.6 Å². The number of amides is 3. The number of nitrogens with two attached hydrogens (primary N) is 3. The van der Waals surface area contributed by atoms with Gasteiger partial charge in [0.15, 0.2) is 6.54 Å². The number of hydrogen-bond donors (Lipinski definition) is 4. The highest BCUT2D eigenvalue weighted by Gasteiger charge is 2.33. The topological polar surface area (TPSA) is 191 Å². The summed E-state index contributed by atoms with van der Waals surface area (Å²) in [6.45, 7) is 4.10. The number of nitro groups is 1. The number of quaternary nitrogens is 1. The van der Waals surface area contributed by atoms with Gasteiger partial charge < -0.3 is 22.5 Å². The van der Waals surface area contributed by atoms with Crippen LogP contribution in [0.2, 0.25) is 0 Å². The number of benzene rings is 1. The van der Waals surface area contributed by atoms with Crippen LogP contribution in [-0.4, -0.2) is 104 Å². The van der Waals surface area contributed by atoms with Gasteiger partial charge in [-0.2, -0.15) is 0 Å². The van der Waals surface area contributed by atoms with E-state index in [0.717, 1.165) is 0 Å². The predicted molar refractivity (Wildman–Crippen MR) is 123 cm³/mol. The molecule has 0 radical (unpaired) electrons. The minimum Gasteiger partial charge on any atom is -0.369 e. The van der Waals surface area contributed by atoms with Crippen molar-refractivity contribution in [2.24, 2.45) is 17.2 Å². The Kier molecular flexibility index (Phi) is 9.66. The lowest BCUT2D eigenvalue weighted by molar-refractivity contribution is -0.384. The molecule has 0 aromatic heterocycles. The highest BCUT2D eigenvalue weighted by Crippen LogP contribution is 2.26. The fraction of sp³-hybridized carbons (Fsp3) is 0.550. The molecule has 0 spiro atoms. The van der Waals surface area contributed by atoms with Crippen molar-refractivity contribution >= 4 is 29.1 Å². The van der Waals surface area contributed by atoms with Crippen LogP contribution in [0.1, 0.15) is 0 Å². The number of carbonyl (C=O) groups excluding carboxylic acids is 3. The van der Waals surface area contributed by atoms with Gasteiger partial charge in [-0.25, -0.2) is 0 Å². The lowest BCUT2D eigenvalue weighted by Crippen LogP contribution is -2.60. The van der Waals surface area contributed by atoms with Crippen molar-refractivity contribution in [3.63, 3.8) is 0 Å². The molecule has 2 rings (SSSR count). The van der Waals surface area contributed by atoms with Crippen molar-refractivity contribution in [1.29, 1.82) is 0 Å². The molecule has 1 fully saturated rings. The third kappa shape index (κ3) is 8.38. The molecule has 1 aliphatic heterocycles. The number of hydrogen-bond acceptors (Lipinski definition) is 8. The van der Waals surface area contributed by atoms with Crippen LogP contribution in [-0.2, 0) is 14.4 Å². The van der Waals surface area contributed by atoms with Gasteiger partial charge in [-0.05, 0) is 0 Å². The number of carbonyl (C=O) groups is 3. The Balaban J connectivity index is 2.33. The van der Waals surface area contributed by atoms with Crippen molar-refractivity contribution < 1.29 is 19.3 Å². The molecule has 33 heavy (non-hydrogen) atoms. The quantitative estimate of drug-likeness (QED) is 0.185. The van der Waals surface area contributed by atoms with Gasteiger partial charge >= 0.3 is 0 Å². The van der Waals surface area contributed by atoms with Gasteiger partial charge in [-0.3, -0.25) is 38.8 Å². The van der Waals surface area contributed by atoms with Gasteiger partial charge in [0, 0.05) is 63.5 Å². The summed E-state index contributed by atoms with van der Waals surface area (Å²) in [7, 11) is 0. The number of nitro benzene ring substituents is 1. The van der Waals surface area contributed by atoms with Crippen molar-refractivity contribution in [2.45, 2.75) is 0 Å². The molecule has 13 heteroatoms. The van der Waals surface area contributed by atoms with Crippen LogP contribution in [0.15, 0.2) is 24.3 Å². The Bertz CT molecular complexity index is 849. The number of nitrogens with one attached hydrogen (secondary N) is 1. The van der Waals surface area contributed by atoms with Crippen LogP contribution in [0.5, 0.6) is 0 Å². The molecule has 1 unspecified atom stereocenters. The minimum absolute atomic E-state index is 0.00228. The SMILES string of the molecule is NC(=O)CN1CCNCC[N+](CC(N)=O)(c2ccc([N+](=O)[O-])cc2)CCN(CC(N)=O)CC1. The molecule has 13 nitrogen and oxygen atoms in total. The second-order valence-corrected chi connectivity index (χ2v) is 8.23. The van der Waals surface area contributed by atoms with Crippen molar-refractivity contribution in [1.82, 2.24) is 19.6 Å². The molecule has 0 aliphatic carbocycles. The van der Waals surface area contributed by atoms with Crippen LogP contribution in [0, 0.1) is 10.1 Å². The Hall–Kier alpha value is -3.13. The molecular weight excluding hydrogens is 432 g/mol. The molecule has 7 N–H and O–H groups in total. The maximum Gasteiger partial charge on any atom is 0.273 e. The highest BCUT2D eigenvalue weighted by molar-refractivity contribution is 5.78. The Morgan fingerprint density at radius 1 is 0.879 bits per heavy atom. The molecule has 1 aromatic carbocycles. The van der Waals surface area contributed by atoms with Crippen LogP contribution >= 0.6 is 0 Å². The van der Waals surface area contributed by atoms with E-state index in [2.05, 4.69) is 5.32 Å². The fourth-order valence-electron chi connectivity index (χ4n) is 4.06. The van der Waals surface area contributed by atoms with Gasteiger partial charge in [-0.1, -0.05) is 0 Å². The van der Waals surface area contributed by atoms with E-state index in [1.54, 1.807) is 12.1 Å². The van der Waals surface area contributed by atoms with Crippen molar-refractivity contribution in [3.8, 4) is 0 Å². The molecule has 1 aliphatic rings. The van der Waals surface area contributed by atoms with E-state index in [9.17, 15) is 24.5 Å². The van der Waals surface area contributed by atoms with E-state index in [4.69, 9.17) is 17.2 Å². The molecule has 1 heterocycles. The average Bonchev–Trinajstić information content (AvgIpc) is 2.72. The second kappa shape index (κ2) is 12.2. The first-order valence-electron chi connectivity index (χ1n) is 10.7. The lowest BCUT2D eigenvalue weighted by Gasteiger charge is -2.39. The zero-order valence-corrected chi connectivity index (χ0v) is 18.6. The molecule has 0 saturated carbocycles. The number of primary amides is 3. The summed E-state index contributed by atoms with van der Waals surface area (Å²) in [6, 6.07) is 6.09. The number of non-ortho nitro benzene ring substituents is 1. The summed E-state index contributed by atoms with van der Waals surface area (Å²) in [5.41, 5.74) is 17.1. The number of rotatable bonds is 8. The highest BCUT2D eigenvalue weighted by atomic mass is 16.6. The zero-order valence-electron chi connectivity index (χ0n) is 18.6. The zero-order chi connectivity index (χ0) is 24.4. The molecule has 0 bridgehead atoms. The standard InChI is InChI=1S/C20H32N8O5/c21-18(29)13-25-7-5-24-6-11-28(15-20(23)31,12-10-26(9-8-25)14-19(22)30)17-3-1-16(2-4-17)27(32)33/h1-4,24H,5-15H2,(H5-,21,22,23,29,30,31)/p+1. The molecular formula is C20H33N8O5+. The van der Waals surface area contributed by atoms with Gasteiger partial charge in [0.1, 0.15) is 5.69 Å². The molecule has 1 atom stereocenters. The Morgan fingerprint density at radius 3 is 1.97 bits per heavy atom. The van der Waals surface area contributed by atoms with Crippen molar-refractivity contribution in [3.05, 3.63) is 34.4 Å². The van der Waals surface area contributed by atoms with Gasteiger partial charge in [-0.15, -0.1) is 0 Å². The van der Waals surface area contributed by atoms with Gasteiger partial charge in [0.2, 0.25) is 11.8 Å². The molecule has 1 saturated heterocycles. The number of nitrogens with zero attached hydrogens (tertiary/aromatic N) is 4. The minimum atomic E-state index is -0.505. The predicted octanol–water partition coefficient (Wildman–Crippen LogP) is -2.43. The monoisotopic (exact) mass is 465 g/mol. The van der Waals surface area contributed by atoms with E-state index in [-0.39, 0.29) is 29.8 Å².